The van der Waals surface area contributed by atoms with Gasteiger partial charge in [0, 0.05) is 32.7 Å². The van der Waals surface area contributed by atoms with Crippen LogP contribution < -0.4 is 10.6 Å². The van der Waals surface area contributed by atoms with Crippen molar-refractivity contribution in [3.63, 3.8) is 0 Å². The first-order valence-electron chi connectivity index (χ1n) is 9.05. The fraction of sp³-hybridized carbons (Fsp3) is 1.00. The van der Waals surface area contributed by atoms with Gasteiger partial charge in [-0.05, 0) is 19.0 Å². The highest BCUT2D eigenvalue weighted by atomic mass is 16.5. The van der Waals surface area contributed by atoms with Crippen molar-refractivity contribution in [1.82, 2.24) is 15.5 Å². The monoisotopic (exact) mass is 317 g/mol. The van der Waals surface area contributed by atoms with Gasteiger partial charge in [-0.2, -0.15) is 0 Å². The number of hydrogen-bond donors (Lipinski definition) is 2. The van der Waals surface area contributed by atoms with Crippen molar-refractivity contribution in [1.29, 1.82) is 0 Å². The highest BCUT2D eigenvalue weighted by Crippen LogP contribution is 2.04. The highest BCUT2D eigenvalue weighted by molar-refractivity contribution is 4.73. The summed E-state index contributed by atoms with van der Waals surface area (Å²) in [5, 5.41) is 6.73. The van der Waals surface area contributed by atoms with Crippen LogP contribution in [0.15, 0.2) is 0 Å². The van der Waals surface area contributed by atoms with Crippen LogP contribution in [0.1, 0.15) is 34.6 Å². The molecule has 0 spiro atoms. The second-order valence-electron chi connectivity index (χ2n) is 5.81. The highest BCUT2D eigenvalue weighted by Gasteiger charge is 2.19. The summed E-state index contributed by atoms with van der Waals surface area (Å²) < 4.78 is 11.4. The van der Waals surface area contributed by atoms with Crippen molar-refractivity contribution in [2.45, 2.75) is 40.7 Å². The van der Waals surface area contributed by atoms with Crippen LogP contribution in [0.25, 0.3) is 0 Å². The molecule has 1 aliphatic heterocycles. The number of morpholine rings is 1. The fourth-order valence-electron chi connectivity index (χ4n) is 2.26. The van der Waals surface area contributed by atoms with E-state index >= 15 is 0 Å². The lowest BCUT2D eigenvalue weighted by molar-refractivity contribution is -0.0348. The molecule has 22 heavy (non-hydrogen) atoms. The number of ether oxygens (including phenoxy) is 2. The van der Waals surface area contributed by atoms with Crippen molar-refractivity contribution in [2.75, 3.05) is 65.6 Å². The second kappa shape index (κ2) is 15.7. The lowest BCUT2D eigenvalue weighted by Crippen LogP contribution is -2.47. The molecule has 0 aliphatic carbocycles. The topological polar surface area (TPSA) is 45.8 Å². The van der Waals surface area contributed by atoms with Crippen molar-refractivity contribution in [3.05, 3.63) is 0 Å². The third kappa shape index (κ3) is 12.4. The molecule has 1 rings (SSSR count). The summed E-state index contributed by atoms with van der Waals surface area (Å²) >= 11 is 0. The Hall–Kier alpha value is -0.200. The molecular formula is C17H39N3O2. The van der Waals surface area contributed by atoms with Crippen LogP contribution in [0.5, 0.6) is 0 Å². The van der Waals surface area contributed by atoms with Crippen molar-refractivity contribution < 1.29 is 9.47 Å². The van der Waals surface area contributed by atoms with Crippen molar-refractivity contribution >= 4 is 0 Å². The van der Waals surface area contributed by atoms with E-state index in [0.29, 0.717) is 12.0 Å². The van der Waals surface area contributed by atoms with Gasteiger partial charge in [0.15, 0.2) is 0 Å². The third-order valence-electron chi connectivity index (χ3n) is 3.37. The Bertz CT molecular complexity index is 228. The minimum absolute atomic E-state index is 0.323. The first kappa shape index (κ1) is 21.8. The molecule has 1 saturated heterocycles. The summed E-state index contributed by atoms with van der Waals surface area (Å²) in [5.41, 5.74) is 0. The van der Waals surface area contributed by atoms with E-state index in [0.717, 1.165) is 65.6 Å². The predicted molar refractivity (Wildman–Crippen MR) is 94.6 cm³/mol. The summed E-state index contributed by atoms with van der Waals surface area (Å²) in [7, 11) is 0. The van der Waals surface area contributed by atoms with E-state index in [1.807, 2.05) is 13.8 Å². The van der Waals surface area contributed by atoms with Gasteiger partial charge in [-0.1, -0.05) is 34.6 Å². The summed E-state index contributed by atoms with van der Waals surface area (Å²) in [5.74, 6) is 0.694. The quantitative estimate of drug-likeness (QED) is 0.567. The number of hydrogen-bond acceptors (Lipinski definition) is 5. The molecule has 5 nitrogen and oxygen atoms in total. The molecule has 0 aromatic heterocycles. The van der Waals surface area contributed by atoms with Crippen LogP contribution in [-0.2, 0) is 9.47 Å². The average Bonchev–Trinajstić information content (AvgIpc) is 2.53. The maximum Gasteiger partial charge on any atom is 0.0826 e. The summed E-state index contributed by atoms with van der Waals surface area (Å²) in [6.45, 7) is 20.1. The number of rotatable bonds is 11. The van der Waals surface area contributed by atoms with Gasteiger partial charge in [-0.15, -0.1) is 0 Å². The molecule has 0 amide bonds. The smallest absolute Gasteiger partial charge is 0.0826 e. The first-order chi connectivity index (χ1) is 10.7. The number of nitrogens with one attached hydrogen (secondary N) is 2. The van der Waals surface area contributed by atoms with Gasteiger partial charge in [-0.3, -0.25) is 4.90 Å². The van der Waals surface area contributed by atoms with Gasteiger partial charge in [0.05, 0.1) is 25.9 Å². The molecule has 0 bridgehead atoms. The zero-order valence-corrected chi connectivity index (χ0v) is 15.5. The standard InChI is InChI=1S/C15H33N3O2.C2H6/c1-4-16-5-8-19-9-6-18-7-10-20-15(13-18)12-17-11-14(2)3;1-2/h14-17H,4-13H2,1-3H3;1-2H3. The van der Waals surface area contributed by atoms with E-state index in [9.17, 15) is 0 Å². The summed E-state index contributed by atoms with van der Waals surface area (Å²) in [4.78, 5) is 2.44. The molecule has 1 aliphatic rings. The Morgan fingerprint density at radius 3 is 2.68 bits per heavy atom. The van der Waals surface area contributed by atoms with Crippen LogP contribution in [0.2, 0.25) is 0 Å². The van der Waals surface area contributed by atoms with Crippen LogP contribution >= 0.6 is 0 Å². The van der Waals surface area contributed by atoms with Crippen molar-refractivity contribution in [2.24, 2.45) is 5.92 Å². The zero-order chi connectivity index (χ0) is 16.6. The normalized spacial score (nSPS) is 19.1. The molecule has 1 atom stereocenters. The van der Waals surface area contributed by atoms with Gasteiger partial charge >= 0.3 is 0 Å². The Morgan fingerprint density at radius 2 is 2.00 bits per heavy atom. The largest absolute Gasteiger partial charge is 0.379 e. The van der Waals surface area contributed by atoms with E-state index in [1.54, 1.807) is 0 Å². The molecule has 0 saturated carbocycles. The van der Waals surface area contributed by atoms with Crippen LogP contribution in [0.4, 0.5) is 0 Å². The van der Waals surface area contributed by atoms with Gasteiger partial charge in [0.2, 0.25) is 0 Å². The van der Waals surface area contributed by atoms with Gasteiger partial charge in [0.1, 0.15) is 0 Å². The average molecular weight is 318 g/mol. The molecule has 1 unspecified atom stereocenters. The zero-order valence-electron chi connectivity index (χ0n) is 15.5. The number of nitrogens with zero attached hydrogens (tertiary/aromatic N) is 1. The van der Waals surface area contributed by atoms with E-state index in [-0.39, 0.29) is 0 Å². The third-order valence-corrected chi connectivity index (χ3v) is 3.37. The molecule has 2 N–H and O–H groups in total. The predicted octanol–water partition coefficient (Wildman–Crippen LogP) is 1.59. The maximum absolute atomic E-state index is 5.79. The Kier molecular flexibility index (Phi) is 15.5. The van der Waals surface area contributed by atoms with Crippen LogP contribution in [-0.4, -0.2) is 76.6 Å². The van der Waals surface area contributed by atoms with E-state index in [1.165, 1.54) is 0 Å². The van der Waals surface area contributed by atoms with Crippen molar-refractivity contribution in [3.8, 4) is 0 Å². The lowest BCUT2D eigenvalue weighted by atomic mass is 10.2. The Morgan fingerprint density at radius 1 is 1.23 bits per heavy atom. The van der Waals surface area contributed by atoms with Crippen LogP contribution in [0, 0.1) is 5.92 Å². The lowest BCUT2D eigenvalue weighted by Gasteiger charge is -2.33. The van der Waals surface area contributed by atoms with E-state index in [2.05, 4.69) is 36.3 Å². The number of likely N-dealkylation sites (N-methyl/N-ethyl adjacent to an activating group) is 1. The molecule has 1 fully saturated rings. The molecule has 0 aromatic rings. The molecule has 134 valence electrons. The second-order valence-corrected chi connectivity index (χ2v) is 5.81. The Labute approximate surface area is 138 Å². The van der Waals surface area contributed by atoms with Gasteiger partial charge < -0.3 is 20.1 Å². The Balaban J connectivity index is 0.00000211. The van der Waals surface area contributed by atoms with Gasteiger partial charge in [0.25, 0.3) is 0 Å². The van der Waals surface area contributed by atoms with E-state index in [4.69, 9.17) is 9.47 Å². The molecule has 0 aromatic carbocycles. The minimum atomic E-state index is 0.323. The summed E-state index contributed by atoms with van der Waals surface area (Å²) in [6, 6.07) is 0. The first-order valence-corrected chi connectivity index (χ1v) is 9.05. The molecular weight excluding hydrogens is 278 g/mol. The molecule has 5 heteroatoms. The molecule has 1 heterocycles. The molecule has 0 radical (unpaired) electrons. The fourth-order valence-corrected chi connectivity index (χ4v) is 2.26. The summed E-state index contributed by atoms with van der Waals surface area (Å²) in [6.07, 6.45) is 0.323. The van der Waals surface area contributed by atoms with Crippen LogP contribution in [0.3, 0.4) is 0 Å². The minimum Gasteiger partial charge on any atom is -0.379 e. The SMILES string of the molecule is CC.CCNCCOCCN1CCOC(CNCC(C)C)C1. The maximum atomic E-state index is 5.79. The van der Waals surface area contributed by atoms with E-state index < -0.39 is 0 Å². The van der Waals surface area contributed by atoms with Gasteiger partial charge in [-0.25, -0.2) is 0 Å².